The maximum Gasteiger partial charge on any atom is 0.130 e. The van der Waals surface area contributed by atoms with Crippen molar-refractivity contribution in [2.45, 2.75) is 19.8 Å². The average Bonchev–Trinajstić information content (AvgIpc) is 2.15. The molecule has 1 aromatic rings. The number of carbonyl (C=O) groups excluding carboxylic acids is 1. The first kappa shape index (κ1) is 10.7. The molecule has 0 bridgehead atoms. The molecule has 0 spiro atoms. The minimum absolute atomic E-state index is 0.302. The van der Waals surface area contributed by atoms with Crippen molar-refractivity contribution < 1.29 is 13.9 Å². The van der Waals surface area contributed by atoms with Crippen molar-refractivity contribution in [3.63, 3.8) is 0 Å². The van der Waals surface area contributed by atoms with Crippen molar-refractivity contribution in [1.82, 2.24) is 0 Å². The Morgan fingerprint density at radius 2 is 2.21 bits per heavy atom. The van der Waals surface area contributed by atoms with Gasteiger partial charge >= 0.3 is 0 Å². The van der Waals surface area contributed by atoms with Crippen molar-refractivity contribution in [2.75, 3.05) is 7.11 Å². The summed E-state index contributed by atoms with van der Waals surface area (Å²) < 4.78 is 18.5. The lowest BCUT2D eigenvalue weighted by Gasteiger charge is -2.09. The Morgan fingerprint density at radius 1 is 1.50 bits per heavy atom. The lowest BCUT2D eigenvalue weighted by Crippen LogP contribution is -1.98. The summed E-state index contributed by atoms with van der Waals surface area (Å²) in [5.74, 6) is 0.216. The maximum absolute atomic E-state index is 13.4. The molecule has 0 aliphatic rings. The zero-order valence-corrected chi connectivity index (χ0v) is 8.34. The van der Waals surface area contributed by atoms with Gasteiger partial charge in [-0.3, -0.25) is 0 Å². The Hall–Kier alpha value is -1.38. The molecule has 0 unspecified atom stereocenters. The average molecular weight is 196 g/mol. The number of benzene rings is 1. The Bertz CT molecular complexity index is 334. The van der Waals surface area contributed by atoms with Gasteiger partial charge < -0.3 is 9.53 Å². The molecule has 1 aromatic carbocycles. The molecule has 0 N–H and O–H groups in total. The molecule has 76 valence electrons. The number of aryl methyl sites for hydroxylation is 1. The van der Waals surface area contributed by atoms with Crippen LogP contribution in [-0.2, 0) is 11.2 Å². The molecular formula is C11H13FO2. The van der Waals surface area contributed by atoms with Crippen molar-refractivity contribution >= 4 is 6.29 Å². The first-order valence-electron chi connectivity index (χ1n) is 4.45. The van der Waals surface area contributed by atoms with Crippen molar-refractivity contribution in [2.24, 2.45) is 0 Å². The Morgan fingerprint density at radius 3 is 2.79 bits per heavy atom. The zero-order valence-electron chi connectivity index (χ0n) is 8.34. The van der Waals surface area contributed by atoms with Gasteiger partial charge in [-0.2, -0.15) is 0 Å². The third-order valence-electron chi connectivity index (χ3n) is 2.03. The minimum Gasteiger partial charge on any atom is -0.496 e. The SMILES string of the molecule is COc1cc(C)cc(F)c1CCC=O. The fourth-order valence-electron chi connectivity index (χ4n) is 1.37. The summed E-state index contributed by atoms with van der Waals surface area (Å²) in [6, 6.07) is 3.21. The second kappa shape index (κ2) is 4.74. The fraction of sp³-hybridized carbons (Fsp3) is 0.364. The molecule has 0 radical (unpaired) electrons. The van der Waals surface area contributed by atoms with E-state index in [0.717, 1.165) is 11.8 Å². The van der Waals surface area contributed by atoms with Crippen molar-refractivity contribution in [3.8, 4) is 5.75 Å². The van der Waals surface area contributed by atoms with Crippen LogP contribution in [0.2, 0.25) is 0 Å². The number of hydrogen-bond acceptors (Lipinski definition) is 2. The molecule has 1 rings (SSSR count). The summed E-state index contributed by atoms with van der Waals surface area (Å²) >= 11 is 0. The predicted octanol–water partition coefficient (Wildman–Crippen LogP) is 2.27. The van der Waals surface area contributed by atoms with Gasteiger partial charge in [0.15, 0.2) is 0 Å². The largest absolute Gasteiger partial charge is 0.496 e. The number of rotatable bonds is 4. The topological polar surface area (TPSA) is 26.3 Å². The first-order chi connectivity index (χ1) is 6.69. The van der Waals surface area contributed by atoms with E-state index in [-0.39, 0.29) is 5.82 Å². The van der Waals surface area contributed by atoms with Gasteiger partial charge in [0, 0.05) is 12.0 Å². The van der Waals surface area contributed by atoms with Crippen LogP contribution < -0.4 is 4.74 Å². The lowest BCUT2D eigenvalue weighted by atomic mass is 10.1. The van der Waals surface area contributed by atoms with E-state index >= 15 is 0 Å². The fourth-order valence-corrected chi connectivity index (χ4v) is 1.37. The number of carbonyl (C=O) groups is 1. The van der Waals surface area contributed by atoms with Crippen LogP contribution in [0.4, 0.5) is 4.39 Å². The molecule has 0 fully saturated rings. The van der Waals surface area contributed by atoms with Gasteiger partial charge in [0.05, 0.1) is 7.11 Å². The Balaban J connectivity index is 3.04. The highest BCUT2D eigenvalue weighted by Crippen LogP contribution is 2.24. The highest BCUT2D eigenvalue weighted by Gasteiger charge is 2.09. The molecule has 0 heterocycles. The molecule has 0 aromatic heterocycles. The molecule has 3 heteroatoms. The third kappa shape index (κ3) is 2.31. The summed E-state index contributed by atoms with van der Waals surface area (Å²) in [5.41, 5.74) is 1.29. The molecule has 0 aliphatic carbocycles. The molecule has 0 aliphatic heterocycles. The summed E-state index contributed by atoms with van der Waals surface area (Å²) in [6.07, 6.45) is 1.48. The lowest BCUT2D eigenvalue weighted by molar-refractivity contribution is -0.107. The van der Waals surface area contributed by atoms with Gasteiger partial charge in [-0.05, 0) is 31.0 Å². The summed E-state index contributed by atoms with van der Waals surface area (Å²) in [5, 5.41) is 0. The van der Waals surface area contributed by atoms with E-state index < -0.39 is 0 Å². The normalized spacial score (nSPS) is 9.93. The predicted molar refractivity (Wildman–Crippen MR) is 52.1 cm³/mol. The van der Waals surface area contributed by atoms with Gasteiger partial charge in [0.25, 0.3) is 0 Å². The number of halogens is 1. The highest BCUT2D eigenvalue weighted by molar-refractivity contribution is 5.51. The van der Waals surface area contributed by atoms with E-state index in [1.54, 1.807) is 13.0 Å². The van der Waals surface area contributed by atoms with Crippen LogP contribution in [0.15, 0.2) is 12.1 Å². The van der Waals surface area contributed by atoms with Crippen LogP contribution in [0.25, 0.3) is 0 Å². The van der Waals surface area contributed by atoms with E-state index in [4.69, 9.17) is 4.74 Å². The van der Waals surface area contributed by atoms with E-state index in [1.165, 1.54) is 13.2 Å². The van der Waals surface area contributed by atoms with Crippen LogP contribution in [0.1, 0.15) is 17.5 Å². The van der Waals surface area contributed by atoms with E-state index in [2.05, 4.69) is 0 Å². The molecule has 14 heavy (non-hydrogen) atoms. The van der Waals surface area contributed by atoms with Crippen molar-refractivity contribution in [3.05, 3.63) is 29.1 Å². The summed E-state index contributed by atoms with van der Waals surface area (Å²) in [6.45, 7) is 1.80. The zero-order chi connectivity index (χ0) is 10.6. The van der Waals surface area contributed by atoms with Gasteiger partial charge in [-0.15, -0.1) is 0 Å². The van der Waals surface area contributed by atoms with E-state index in [9.17, 15) is 9.18 Å². The Labute approximate surface area is 82.7 Å². The second-order valence-electron chi connectivity index (χ2n) is 3.13. The number of ether oxygens (including phenoxy) is 1. The number of aldehydes is 1. The first-order valence-corrected chi connectivity index (χ1v) is 4.45. The van der Waals surface area contributed by atoms with Gasteiger partial charge in [0.2, 0.25) is 0 Å². The minimum atomic E-state index is -0.302. The Kier molecular flexibility index (Phi) is 3.63. The third-order valence-corrected chi connectivity index (χ3v) is 2.03. The second-order valence-corrected chi connectivity index (χ2v) is 3.13. The molecule has 0 saturated heterocycles. The molecule has 0 atom stereocenters. The smallest absolute Gasteiger partial charge is 0.130 e. The van der Waals surface area contributed by atoms with Gasteiger partial charge in [-0.1, -0.05) is 0 Å². The van der Waals surface area contributed by atoms with Crippen LogP contribution in [0.5, 0.6) is 5.75 Å². The number of hydrogen-bond donors (Lipinski definition) is 0. The van der Waals surface area contributed by atoms with Crippen LogP contribution >= 0.6 is 0 Å². The molecule has 0 amide bonds. The van der Waals surface area contributed by atoms with Crippen molar-refractivity contribution in [1.29, 1.82) is 0 Å². The highest BCUT2D eigenvalue weighted by atomic mass is 19.1. The van der Waals surface area contributed by atoms with Crippen LogP contribution in [0.3, 0.4) is 0 Å². The molecule has 2 nitrogen and oxygen atoms in total. The quantitative estimate of drug-likeness (QED) is 0.690. The number of methoxy groups -OCH3 is 1. The summed E-state index contributed by atoms with van der Waals surface area (Å²) in [4.78, 5) is 10.2. The van der Waals surface area contributed by atoms with E-state index in [0.29, 0.717) is 24.2 Å². The van der Waals surface area contributed by atoms with E-state index in [1.807, 2.05) is 0 Å². The van der Waals surface area contributed by atoms with Gasteiger partial charge in [0.1, 0.15) is 17.9 Å². The van der Waals surface area contributed by atoms with Crippen LogP contribution in [-0.4, -0.2) is 13.4 Å². The monoisotopic (exact) mass is 196 g/mol. The molecule has 0 saturated carbocycles. The molecular weight excluding hydrogens is 183 g/mol. The summed E-state index contributed by atoms with van der Waals surface area (Å²) in [7, 11) is 1.50. The van der Waals surface area contributed by atoms with Crippen LogP contribution in [0, 0.1) is 12.7 Å². The maximum atomic E-state index is 13.4. The standard InChI is InChI=1S/C11H13FO2/c1-8-6-10(12)9(4-3-5-13)11(7-8)14-2/h5-7H,3-4H2,1-2H3. The van der Waals surface area contributed by atoms with Gasteiger partial charge in [-0.25, -0.2) is 4.39 Å².